The van der Waals surface area contributed by atoms with Crippen molar-refractivity contribution in [3.63, 3.8) is 0 Å². The fourth-order valence-corrected chi connectivity index (χ4v) is 3.11. The molecule has 1 aliphatic heterocycles. The number of hydrogen-bond donors (Lipinski definition) is 2. The third-order valence-corrected chi connectivity index (χ3v) is 4.36. The van der Waals surface area contributed by atoms with E-state index in [0.29, 0.717) is 12.0 Å². The molecule has 0 radical (unpaired) electrons. The molecule has 1 aromatic carbocycles. The number of nitrogens with zero attached hydrogens (tertiary/aromatic N) is 1. The van der Waals surface area contributed by atoms with Gasteiger partial charge in [0.05, 0.1) is 0 Å². The van der Waals surface area contributed by atoms with Gasteiger partial charge in [-0.15, -0.1) is 0 Å². The van der Waals surface area contributed by atoms with Crippen LogP contribution >= 0.6 is 15.9 Å². The van der Waals surface area contributed by atoms with Gasteiger partial charge in [-0.25, -0.2) is 0 Å². The van der Waals surface area contributed by atoms with E-state index in [1.165, 1.54) is 16.5 Å². The summed E-state index contributed by atoms with van der Waals surface area (Å²) < 4.78 is 1.13. The number of aromatic nitrogens is 1. The predicted molar refractivity (Wildman–Crippen MR) is 78.4 cm³/mol. The van der Waals surface area contributed by atoms with E-state index in [2.05, 4.69) is 57.1 Å². The molecular formula is C14H18BrN3. The maximum absolute atomic E-state index is 6.08. The highest BCUT2D eigenvalue weighted by Gasteiger charge is 2.26. The molecule has 0 spiro atoms. The van der Waals surface area contributed by atoms with E-state index in [0.717, 1.165) is 24.1 Å². The van der Waals surface area contributed by atoms with Gasteiger partial charge in [0.1, 0.15) is 0 Å². The molecule has 0 bridgehead atoms. The summed E-state index contributed by atoms with van der Waals surface area (Å²) in [5.74, 6) is 0.599. The highest BCUT2D eigenvalue weighted by molar-refractivity contribution is 9.10. The van der Waals surface area contributed by atoms with Gasteiger partial charge in [0.15, 0.2) is 0 Å². The SMILES string of the molecule is CC1CN(Cc2c[nH]c3ccc(Br)cc23)CC1N. The first kappa shape index (κ1) is 12.2. The normalized spacial score (nSPS) is 25.1. The van der Waals surface area contributed by atoms with Crippen LogP contribution in [0.3, 0.4) is 0 Å². The second kappa shape index (κ2) is 4.68. The number of likely N-dealkylation sites (tertiary alicyclic amines) is 1. The van der Waals surface area contributed by atoms with Crippen LogP contribution in [0.5, 0.6) is 0 Å². The molecule has 1 aromatic heterocycles. The molecule has 1 fully saturated rings. The lowest BCUT2D eigenvalue weighted by Gasteiger charge is -2.14. The van der Waals surface area contributed by atoms with Crippen molar-refractivity contribution in [2.45, 2.75) is 19.5 Å². The summed E-state index contributed by atoms with van der Waals surface area (Å²) in [5.41, 5.74) is 8.63. The Balaban J connectivity index is 1.85. The summed E-state index contributed by atoms with van der Waals surface area (Å²) in [6, 6.07) is 6.68. The first-order chi connectivity index (χ1) is 8.63. The van der Waals surface area contributed by atoms with Gasteiger partial charge in [0, 0.05) is 47.2 Å². The van der Waals surface area contributed by atoms with Crippen LogP contribution in [0, 0.1) is 5.92 Å². The number of halogens is 1. The maximum Gasteiger partial charge on any atom is 0.0458 e. The summed E-state index contributed by atoms with van der Waals surface area (Å²) in [5, 5.41) is 1.30. The Kier molecular flexibility index (Phi) is 3.18. The third kappa shape index (κ3) is 2.20. The minimum absolute atomic E-state index is 0.321. The van der Waals surface area contributed by atoms with Crippen molar-refractivity contribution in [1.82, 2.24) is 9.88 Å². The van der Waals surface area contributed by atoms with Gasteiger partial charge in [-0.05, 0) is 29.7 Å². The molecule has 3 nitrogen and oxygen atoms in total. The fourth-order valence-electron chi connectivity index (χ4n) is 2.75. The van der Waals surface area contributed by atoms with Crippen LogP contribution in [-0.2, 0) is 6.54 Å². The zero-order valence-corrected chi connectivity index (χ0v) is 12.1. The number of H-pyrrole nitrogens is 1. The molecule has 0 amide bonds. The summed E-state index contributed by atoms with van der Waals surface area (Å²) >= 11 is 3.54. The Bertz CT molecular complexity index is 553. The van der Waals surface area contributed by atoms with Crippen LogP contribution in [0.4, 0.5) is 0 Å². The van der Waals surface area contributed by atoms with E-state index in [-0.39, 0.29) is 0 Å². The van der Waals surface area contributed by atoms with Crippen molar-refractivity contribution in [3.8, 4) is 0 Å². The molecule has 3 rings (SSSR count). The molecule has 1 aliphatic rings. The van der Waals surface area contributed by atoms with Gasteiger partial charge in [-0.2, -0.15) is 0 Å². The monoisotopic (exact) mass is 307 g/mol. The number of hydrogen-bond acceptors (Lipinski definition) is 2. The molecule has 18 heavy (non-hydrogen) atoms. The number of aromatic amines is 1. The standard InChI is InChI=1S/C14H18BrN3/c1-9-6-18(8-13(9)16)7-10-5-17-14-3-2-11(15)4-12(10)14/h2-5,9,13,17H,6-8,16H2,1H3. The Hall–Kier alpha value is -0.840. The Morgan fingerprint density at radius 1 is 1.44 bits per heavy atom. The number of fused-ring (bicyclic) bond motifs is 1. The molecule has 2 unspecified atom stereocenters. The highest BCUT2D eigenvalue weighted by atomic mass is 79.9. The summed E-state index contributed by atoms with van der Waals surface area (Å²) in [7, 11) is 0. The first-order valence-corrected chi connectivity index (χ1v) is 7.16. The van der Waals surface area contributed by atoms with Crippen LogP contribution in [0.2, 0.25) is 0 Å². The topological polar surface area (TPSA) is 45.0 Å². The van der Waals surface area contributed by atoms with Crippen molar-refractivity contribution in [2.75, 3.05) is 13.1 Å². The van der Waals surface area contributed by atoms with Gasteiger partial charge < -0.3 is 10.7 Å². The quantitative estimate of drug-likeness (QED) is 0.896. The molecule has 2 atom stereocenters. The Labute approximate surface area is 115 Å². The van der Waals surface area contributed by atoms with Gasteiger partial charge in [-0.1, -0.05) is 22.9 Å². The van der Waals surface area contributed by atoms with Crippen molar-refractivity contribution in [1.29, 1.82) is 0 Å². The van der Waals surface area contributed by atoms with Gasteiger partial charge in [-0.3, -0.25) is 4.90 Å². The van der Waals surface area contributed by atoms with Crippen LogP contribution in [0.15, 0.2) is 28.9 Å². The third-order valence-electron chi connectivity index (χ3n) is 3.87. The summed E-state index contributed by atoms with van der Waals surface area (Å²) in [6.45, 7) is 5.31. The predicted octanol–water partition coefficient (Wildman–Crippen LogP) is 2.71. The van der Waals surface area contributed by atoms with E-state index in [9.17, 15) is 0 Å². The van der Waals surface area contributed by atoms with Gasteiger partial charge >= 0.3 is 0 Å². The van der Waals surface area contributed by atoms with Crippen LogP contribution in [-0.4, -0.2) is 29.0 Å². The lowest BCUT2D eigenvalue weighted by Crippen LogP contribution is -2.28. The van der Waals surface area contributed by atoms with E-state index >= 15 is 0 Å². The number of nitrogens with two attached hydrogens (primary N) is 1. The summed E-state index contributed by atoms with van der Waals surface area (Å²) in [4.78, 5) is 5.78. The zero-order chi connectivity index (χ0) is 12.7. The van der Waals surface area contributed by atoms with Gasteiger partial charge in [0.2, 0.25) is 0 Å². The largest absolute Gasteiger partial charge is 0.361 e. The average Bonchev–Trinajstić information content (AvgIpc) is 2.85. The fraction of sp³-hybridized carbons (Fsp3) is 0.429. The minimum Gasteiger partial charge on any atom is -0.361 e. The molecular weight excluding hydrogens is 290 g/mol. The molecule has 96 valence electrons. The maximum atomic E-state index is 6.08. The highest BCUT2D eigenvalue weighted by Crippen LogP contribution is 2.25. The molecule has 0 aliphatic carbocycles. The number of rotatable bonds is 2. The lowest BCUT2D eigenvalue weighted by atomic mass is 10.1. The van der Waals surface area contributed by atoms with Crippen LogP contribution in [0.25, 0.3) is 10.9 Å². The van der Waals surface area contributed by atoms with Crippen molar-refractivity contribution >= 4 is 26.8 Å². The van der Waals surface area contributed by atoms with Gasteiger partial charge in [0.25, 0.3) is 0 Å². The lowest BCUT2D eigenvalue weighted by molar-refractivity contribution is 0.320. The zero-order valence-electron chi connectivity index (χ0n) is 10.5. The van der Waals surface area contributed by atoms with E-state index in [1.807, 2.05) is 0 Å². The van der Waals surface area contributed by atoms with Crippen molar-refractivity contribution < 1.29 is 0 Å². The second-order valence-corrected chi connectivity index (χ2v) is 6.25. The number of nitrogens with one attached hydrogen (secondary N) is 1. The van der Waals surface area contributed by atoms with Crippen LogP contribution < -0.4 is 5.73 Å². The van der Waals surface area contributed by atoms with E-state index < -0.39 is 0 Å². The Morgan fingerprint density at radius 2 is 2.28 bits per heavy atom. The Morgan fingerprint density at radius 3 is 3.00 bits per heavy atom. The number of benzene rings is 1. The molecule has 4 heteroatoms. The molecule has 0 saturated carbocycles. The molecule has 1 saturated heterocycles. The summed E-state index contributed by atoms with van der Waals surface area (Å²) in [6.07, 6.45) is 2.12. The average molecular weight is 308 g/mol. The first-order valence-electron chi connectivity index (χ1n) is 6.37. The smallest absolute Gasteiger partial charge is 0.0458 e. The molecule has 3 N–H and O–H groups in total. The van der Waals surface area contributed by atoms with E-state index in [1.54, 1.807) is 0 Å². The van der Waals surface area contributed by atoms with Crippen LogP contribution in [0.1, 0.15) is 12.5 Å². The molecule has 2 heterocycles. The minimum atomic E-state index is 0.321. The molecule has 2 aromatic rings. The van der Waals surface area contributed by atoms with Crippen molar-refractivity contribution in [3.05, 3.63) is 34.4 Å². The van der Waals surface area contributed by atoms with E-state index in [4.69, 9.17) is 5.73 Å². The van der Waals surface area contributed by atoms with Crippen molar-refractivity contribution in [2.24, 2.45) is 11.7 Å². The second-order valence-electron chi connectivity index (χ2n) is 5.34.